The van der Waals surface area contributed by atoms with Gasteiger partial charge < -0.3 is 29.2 Å². The van der Waals surface area contributed by atoms with Gasteiger partial charge in [-0.2, -0.15) is 0 Å². The van der Waals surface area contributed by atoms with E-state index in [2.05, 4.69) is 5.32 Å². The Morgan fingerprint density at radius 3 is 2.06 bits per heavy atom. The number of hydrogen-bond acceptors (Lipinski definition) is 12. The number of likely N-dealkylation sites (N-methyl/N-ethyl adjacent to an activating group) is 2. The van der Waals surface area contributed by atoms with Crippen molar-refractivity contribution in [1.29, 1.82) is 0 Å². The summed E-state index contributed by atoms with van der Waals surface area (Å²) in [7, 11) is -5.93. The maximum Gasteiger partial charge on any atom is 1.00 e. The first kappa shape index (κ1) is 47.5. The molecule has 0 saturated heterocycles. The van der Waals surface area contributed by atoms with Crippen LogP contribution in [0.25, 0.3) is 16.7 Å². The molecule has 0 atom stereocenters. The van der Waals surface area contributed by atoms with E-state index in [0.29, 0.717) is 52.2 Å². The Hall–Kier alpha value is -4.95. The van der Waals surface area contributed by atoms with Gasteiger partial charge >= 0.3 is 35.5 Å². The second-order valence-electron chi connectivity index (χ2n) is 16.9. The third-order valence-electron chi connectivity index (χ3n) is 11.8. The van der Waals surface area contributed by atoms with Gasteiger partial charge in [-0.15, -0.1) is 0 Å². The summed E-state index contributed by atoms with van der Waals surface area (Å²) in [5.74, 6) is -3.78. The molecule has 3 aromatic carbocycles. The smallest absolute Gasteiger partial charge is 0.748 e. The number of nitrogens with one attached hydrogen (secondary N) is 1. The molecule has 0 saturated carbocycles. The van der Waals surface area contributed by atoms with Gasteiger partial charge in [-0.3, -0.25) is 19.3 Å². The van der Waals surface area contributed by atoms with Crippen LogP contribution in [0.2, 0.25) is 0 Å². The fourth-order valence-electron chi connectivity index (χ4n) is 8.37. The van der Waals surface area contributed by atoms with E-state index < -0.39 is 54.7 Å². The first-order valence-electron chi connectivity index (χ1n) is 19.8. The number of imide groups is 1. The molecule has 4 aliphatic rings. The number of rotatable bonds is 13. The van der Waals surface area contributed by atoms with E-state index in [9.17, 15) is 50.2 Å². The number of carboxylic acid groups (broad SMARTS) is 1. The predicted octanol–water partition coefficient (Wildman–Crippen LogP) is -0.434. The standard InChI is InChI=1S/C44H46N4O12S2.Na/c1-43(2)21-26(23-61(54,55)56)29-17-32-36(19-34(29)46(43)5)60-37-20-35-30(27(24-62(57,58)59)22-44(3,4)47(35)6)18-33(37)40(32)28-11-10-25(16-31(28)42(52)53)41(51)45-14-8-7-9-15-48-38(49)12-13-39(48)50;/h10-13,16-22H,7-9,14-15,23-24H2,1-6H3,(H3-,45,51,52,53,54,55,56,57,58,59);/q;+1/p-1. The Morgan fingerprint density at radius 1 is 0.810 bits per heavy atom. The van der Waals surface area contributed by atoms with Gasteiger partial charge in [-0.05, 0) is 80.2 Å². The largest absolute Gasteiger partial charge is 1.00 e. The number of anilines is 1. The number of unbranched alkanes of at least 4 members (excludes halogenated alkanes) is 2. The second kappa shape index (κ2) is 17.2. The fraction of sp³-hybridized carbons (Fsp3) is 0.341. The topological polar surface area (TPSA) is 234 Å². The van der Waals surface area contributed by atoms with Crippen molar-refractivity contribution < 1.29 is 84.5 Å². The number of aromatic carboxylic acids is 1. The summed E-state index contributed by atoms with van der Waals surface area (Å²) in [6.07, 6.45) is 7.45. The molecule has 326 valence electrons. The van der Waals surface area contributed by atoms with Gasteiger partial charge in [-0.1, -0.05) is 12.1 Å². The molecule has 19 heteroatoms. The minimum absolute atomic E-state index is 0. The van der Waals surface area contributed by atoms with Crippen LogP contribution in [0.3, 0.4) is 0 Å². The molecule has 0 bridgehead atoms. The molecule has 3 amide bonds. The van der Waals surface area contributed by atoms with Crippen molar-refractivity contribution in [1.82, 2.24) is 14.8 Å². The molecule has 0 aromatic heterocycles. The van der Waals surface area contributed by atoms with Crippen molar-refractivity contribution in [2.45, 2.75) is 58.0 Å². The predicted molar refractivity (Wildman–Crippen MR) is 228 cm³/mol. The van der Waals surface area contributed by atoms with Gasteiger partial charge in [0.05, 0.1) is 54.5 Å². The van der Waals surface area contributed by atoms with Crippen molar-refractivity contribution in [3.63, 3.8) is 0 Å². The number of ether oxygens (including phenoxy) is 1. The van der Waals surface area contributed by atoms with E-state index >= 15 is 0 Å². The number of carbonyl (C=O) groups is 4. The first-order chi connectivity index (χ1) is 28.8. The molecular weight excluding hydrogens is 864 g/mol. The molecule has 2 N–H and O–H groups in total. The van der Waals surface area contributed by atoms with Crippen LogP contribution in [0.1, 0.15) is 89.9 Å². The summed E-state index contributed by atoms with van der Waals surface area (Å²) >= 11 is 0. The average molecular weight is 909 g/mol. The summed E-state index contributed by atoms with van der Waals surface area (Å²) in [6.45, 7) is 7.90. The van der Waals surface area contributed by atoms with Crippen LogP contribution in [0, 0.1) is 0 Å². The third-order valence-corrected chi connectivity index (χ3v) is 13.2. The maximum absolute atomic E-state index is 13.4. The number of carboxylic acids is 1. The van der Waals surface area contributed by atoms with Crippen LogP contribution >= 0.6 is 0 Å². The van der Waals surface area contributed by atoms with Crippen LogP contribution < -0.4 is 59.7 Å². The molecule has 3 aromatic rings. The molecule has 0 spiro atoms. The van der Waals surface area contributed by atoms with Crippen molar-refractivity contribution in [2.75, 3.05) is 43.6 Å². The minimum atomic E-state index is -4.77. The Labute approximate surface area is 387 Å². The SMILES string of the molecule is CN1c2cc3c(cc2C(CS(=O)(=O)[O-])=CC1(C)C)C(c1ccc(C(=O)NCCCCCN2C(=O)C=CC2=O)cc1C(=O)O)=c1cc2c(cc1O3)=[N+](C)C(C)(C)C=C2CS(=O)(=O)[O-].[Na+]. The Balaban J connectivity index is 0.00000661. The molecule has 4 aliphatic heterocycles. The Bertz CT molecular complexity index is 2950. The molecule has 0 unspecified atom stereocenters. The molecule has 4 heterocycles. The van der Waals surface area contributed by atoms with Gasteiger partial charge in [0.1, 0.15) is 18.5 Å². The van der Waals surface area contributed by atoms with E-state index in [4.69, 9.17) is 4.74 Å². The number of amides is 3. The first-order valence-corrected chi connectivity index (χ1v) is 22.9. The zero-order valence-corrected chi connectivity index (χ0v) is 39.5. The number of hydrogen-bond donors (Lipinski definition) is 2. The van der Waals surface area contributed by atoms with Crippen LogP contribution in [0.5, 0.6) is 11.5 Å². The molecular formula is C44H45N4NaO12S2. The summed E-state index contributed by atoms with van der Waals surface area (Å²) in [5.41, 5.74) is 0.798. The van der Waals surface area contributed by atoms with Gasteiger partial charge in [-0.25, -0.2) is 26.2 Å². The van der Waals surface area contributed by atoms with E-state index in [-0.39, 0.29) is 99.4 Å². The summed E-state index contributed by atoms with van der Waals surface area (Å²) in [5, 5.41) is 14.4. The summed E-state index contributed by atoms with van der Waals surface area (Å²) < 4.78 is 81.9. The maximum atomic E-state index is 13.4. The molecule has 63 heavy (non-hydrogen) atoms. The van der Waals surface area contributed by atoms with Crippen LogP contribution in [-0.2, 0) is 29.8 Å². The molecule has 0 fully saturated rings. The number of benzene rings is 3. The summed E-state index contributed by atoms with van der Waals surface area (Å²) in [6, 6.07) is 10.8. The van der Waals surface area contributed by atoms with Crippen molar-refractivity contribution in [2.24, 2.45) is 0 Å². The normalized spacial score (nSPS) is 17.1. The monoisotopic (exact) mass is 908 g/mol. The van der Waals surface area contributed by atoms with Gasteiger partial charge in [0.25, 0.3) is 17.7 Å². The molecule has 0 aliphatic carbocycles. The van der Waals surface area contributed by atoms with Gasteiger partial charge in [0.15, 0.2) is 5.54 Å². The van der Waals surface area contributed by atoms with Crippen molar-refractivity contribution >= 4 is 66.3 Å². The van der Waals surface area contributed by atoms with Crippen LogP contribution in [0.4, 0.5) is 5.69 Å². The van der Waals surface area contributed by atoms with Crippen molar-refractivity contribution in [3.8, 4) is 11.5 Å². The van der Waals surface area contributed by atoms with Crippen molar-refractivity contribution in [3.05, 3.63) is 111 Å². The van der Waals surface area contributed by atoms with E-state index in [0.717, 1.165) is 4.90 Å². The summed E-state index contributed by atoms with van der Waals surface area (Å²) in [4.78, 5) is 53.3. The fourth-order valence-corrected chi connectivity index (χ4v) is 9.61. The molecule has 7 rings (SSSR count). The van der Waals surface area contributed by atoms with Crippen LogP contribution in [0.15, 0.2) is 66.8 Å². The Morgan fingerprint density at radius 2 is 1.44 bits per heavy atom. The van der Waals surface area contributed by atoms with Crippen LogP contribution in [-0.4, -0.2) is 109 Å². The van der Waals surface area contributed by atoms with E-state index in [1.807, 2.05) is 37.2 Å². The quantitative estimate of drug-likeness (QED) is 0.0571. The zero-order chi connectivity index (χ0) is 45.3. The van der Waals surface area contributed by atoms with Gasteiger partial charge in [0, 0.05) is 85.4 Å². The Kier molecular flexibility index (Phi) is 13.0. The second-order valence-corrected chi connectivity index (χ2v) is 19.7. The van der Waals surface area contributed by atoms with E-state index in [1.54, 1.807) is 50.5 Å². The zero-order valence-electron chi connectivity index (χ0n) is 35.9. The molecule has 0 radical (unpaired) electrons. The number of fused-ring (bicyclic) bond motifs is 4. The minimum Gasteiger partial charge on any atom is -0.748 e. The number of nitrogens with zero attached hydrogens (tertiary/aromatic N) is 3. The van der Waals surface area contributed by atoms with E-state index in [1.165, 1.54) is 30.4 Å². The molecule has 16 nitrogen and oxygen atoms in total. The average Bonchev–Trinajstić information content (AvgIpc) is 3.49. The van der Waals surface area contributed by atoms with Gasteiger partial charge in [0.2, 0.25) is 5.36 Å². The third kappa shape index (κ3) is 9.62. The number of carbonyl (C=O) groups excluding carboxylic acids is 3.